The van der Waals surface area contributed by atoms with Crippen LogP contribution in [0.3, 0.4) is 0 Å². The van der Waals surface area contributed by atoms with E-state index in [1.165, 1.54) is 0 Å². The number of fused-ring (bicyclic) bond motifs is 1. The molecule has 0 saturated carbocycles. The Kier molecular flexibility index (Phi) is 4.04. The van der Waals surface area contributed by atoms with Crippen LogP contribution in [0, 0.1) is 0 Å². The smallest absolute Gasteiger partial charge is 0.264 e. The van der Waals surface area contributed by atoms with Gasteiger partial charge in [0.05, 0.1) is 15.7 Å². The maximum absolute atomic E-state index is 13.1. The number of halogens is 2. The Balaban J connectivity index is 2.11. The molecule has 3 nitrogen and oxygen atoms in total. The van der Waals surface area contributed by atoms with Gasteiger partial charge >= 0.3 is 0 Å². The standard InChI is InChI=1S/C20H12Cl2N2O/c21-16-9-8-14(11-17(16)22)18-12-13-5-1-2-6-15(13)20(25)24(18)19-7-3-4-10-23-19/h1-12H. The second-order valence-electron chi connectivity index (χ2n) is 5.57. The Morgan fingerprint density at radius 1 is 0.840 bits per heavy atom. The summed E-state index contributed by atoms with van der Waals surface area (Å²) in [6.07, 6.45) is 1.66. The summed E-state index contributed by atoms with van der Waals surface area (Å²) in [4.78, 5) is 17.5. The van der Waals surface area contributed by atoms with E-state index in [9.17, 15) is 4.79 Å². The molecule has 2 aromatic carbocycles. The highest BCUT2D eigenvalue weighted by atomic mass is 35.5. The van der Waals surface area contributed by atoms with Crippen LogP contribution in [0.5, 0.6) is 0 Å². The summed E-state index contributed by atoms with van der Waals surface area (Å²) < 4.78 is 1.60. The second-order valence-corrected chi connectivity index (χ2v) is 6.39. The molecule has 2 heterocycles. The van der Waals surface area contributed by atoms with Crippen LogP contribution in [-0.4, -0.2) is 9.55 Å². The number of pyridine rings is 2. The quantitative estimate of drug-likeness (QED) is 0.478. The van der Waals surface area contributed by atoms with E-state index in [4.69, 9.17) is 23.2 Å². The van der Waals surface area contributed by atoms with Gasteiger partial charge in [-0.15, -0.1) is 0 Å². The molecule has 4 rings (SSSR count). The lowest BCUT2D eigenvalue weighted by Gasteiger charge is -2.14. The molecule has 0 aliphatic heterocycles. The van der Waals surface area contributed by atoms with Crippen LogP contribution in [0.1, 0.15) is 0 Å². The Morgan fingerprint density at radius 2 is 1.64 bits per heavy atom. The van der Waals surface area contributed by atoms with Crippen molar-refractivity contribution >= 4 is 34.0 Å². The van der Waals surface area contributed by atoms with Crippen LogP contribution in [0.4, 0.5) is 0 Å². The highest BCUT2D eigenvalue weighted by Crippen LogP contribution is 2.30. The van der Waals surface area contributed by atoms with E-state index in [-0.39, 0.29) is 5.56 Å². The lowest BCUT2D eigenvalue weighted by Crippen LogP contribution is -2.21. The summed E-state index contributed by atoms with van der Waals surface area (Å²) in [6.45, 7) is 0. The summed E-state index contributed by atoms with van der Waals surface area (Å²) >= 11 is 12.2. The van der Waals surface area contributed by atoms with Crippen LogP contribution in [-0.2, 0) is 0 Å². The molecule has 25 heavy (non-hydrogen) atoms. The molecule has 0 aliphatic carbocycles. The Labute approximate surface area is 154 Å². The molecule has 0 amide bonds. The maximum atomic E-state index is 13.1. The number of nitrogens with zero attached hydrogens (tertiary/aromatic N) is 2. The van der Waals surface area contributed by atoms with E-state index >= 15 is 0 Å². The number of hydrogen-bond donors (Lipinski definition) is 0. The van der Waals surface area contributed by atoms with E-state index in [1.54, 1.807) is 29.0 Å². The average molecular weight is 367 g/mol. The van der Waals surface area contributed by atoms with E-state index in [2.05, 4.69) is 4.98 Å². The van der Waals surface area contributed by atoms with Crippen molar-refractivity contribution in [3.05, 3.63) is 93.3 Å². The molecular weight excluding hydrogens is 355 g/mol. The molecule has 0 unspecified atom stereocenters. The van der Waals surface area contributed by atoms with Crippen molar-refractivity contribution < 1.29 is 0 Å². The summed E-state index contributed by atoms with van der Waals surface area (Å²) in [5.41, 5.74) is 1.38. The first-order valence-electron chi connectivity index (χ1n) is 7.67. The maximum Gasteiger partial charge on any atom is 0.264 e. The third-order valence-electron chi connectivity index (χ3n) is 4.02. The van der Waals surface area contributed by atoms with E-state index < -0.39 is 0 Å². The van der Waals surface area contributed by atoms with Gasteiger partial charge in [-0.1, -0.05) is 53.5 Å². The fourth-order valence-electron chi connectivity index (χ4n) is 2.84. The summed E-state index contributed by atoms with van der Waals surface area (Å²) in [5.74, 6) is 0.555. The number of rotatable bonds is 2. The van der Waals surface area contributed by atoms with Crippen LogP contribution >= 0.6 is 23.2 Å². The SMILES string of the molecule is O=c1c2ccccc2cc(-c2ccc(Cl)c(Cl)c2)n1-c1ccccn1. The van der Waals surface area contributed by atoms with Gasteiger partial charge in [0, 0.05) is 17.1 Å². The molecule has 0 atom stereocenters. The number of aromatic nitrogens is 2. The second kappa shape index (κ2) is 6.36. The van der Waals surface area contributed by atoms with E-state index in [1.807, 2.05) is 48.5 Å². The molecule has 0 bridgehead atoms. The first-order chi connectivity index (χ1) is 12.1. The minimum atomic E-state index is -0.127. The third kappa shape index (κ3) is 2.82. The largest absolute Gasteiger partial charge is 0.268 e. The van der Waals surface area contributed by atoms with Gasteiger partial charge in [-0.2, -0.15) is 0 Å². The summed E-state index contributed by atoms with van der Waals surface area (Å²) in [5, 5.41) is 2.41. The van der Waals surface area contributed by atoms with Gasteiger partial charge in [0.15, 0.2) is 0 Å². The minimum Gasteiger partial charge on any atom is -0.268 e. The van der Waals surface area contributed by atoms with Crippen molar-refractivity contribution in [2.75, 3.05) is 0 Å². The molecule has 0 radical (unpaired) electrons. The zero-order chi connectivity index (χ0) is 17.4. The molecule has 2 aromatic heterocycles. The zero-order valence-electron chi connectivity index (χ0n) is 13.0. The monoisotopic (exact) mass is 366 g/mol. The topological polar surface area (TPSA) is 34.9 Å². The van der Waals surface area contributed by atoms with Crippen molar-refractivity contribution in [1.82, 2.24) is 9.55 Å². The molecule has 5 heteroatoms. The highest BCUT2D eigenvalue weighted by Gasteiger charge is 2.14. The van der Waals surface area contributed by atoms with Gasteiger partial charge in [-0.3, -0.25) is 9.36 Å². The van der Waals surface area contributed by atoms with E-state index in [0.29, 0.717) is 26.9 Å². The molecule has 0 N–H and O–H groups in total. The Morgan fingerprint density at radius 3 is 2.40 bits per heavy atom. The first-order valence-corrected chi connectivity index (χ1v) is 8.42. The van der Waals surface area contributed by atoms with Gasteiger partial charge in [-0.25, -0.2) is 4.98 Å². The predicted molar refractivity (Wildman–Crippen MR) is 103 cm³/mol. The van der Waals surface area contributed by atoms with Crippen molar-refractivity contribution in [3.8, 4) is 17.1 Å². The first kappa shape index (κ1) is 15.9. The number of hydrogen-bond acceptors (Lipinski definition) is 2. The van der Waals surface area contributed by atoms with E-state index in [0.717, 1.165) is 10.9 Å². The molecule has 0 fully saturated rings. The van der Waals surface area contributed by atoms with Gasteiger partial charge in [0.2, 0.25) is 0 Å². The molecule has 0 aliphatic rings. The average Bonchev–Trinajstić information content (AvgIpc) is 2.64. The van der Waals surface area contributed by atoms with Gasteiger partial charge in [0.25, 0.3) is 5.56 Å². The number of benzene rings is 2. The predicted octanol–water partition coefficient (Wildman–Crippen LogP) is 5.36. The third-order valence-corrected chi connectivity index (χ3v) is 4.76. The van der Waals surface area contributed by atoms with Crippen LogP contribution in [0.25, 0.3) is 27.8 Å². The van der Waals surface area contributed by atoms with Crippen molar-refractivity contribution in [1.29, 1.82) is 0 Å². The van der Waals surface area contributed by atoms with Crippen molar-refractivity contribution in [2.45, 2.75) is 0 Å². The lowest BCUT2D eigenvalue weighted by molar-refractivity contribution is 0.963. The highest BCUT2D eigenvalue weighted by molar-refractivity contribution is 6.42. The minimum absolute atomic E-state index is 0.127. The Bertz CT molecular complexity index is 1140. The molecule has 0 spiro atoms. The van der Waals surface area contributed by atoms with Crippen LogP contribution in [0.15, 0.2) is 77.7 Å². The molecule has 4 aromatic rings. The van der Waals surface area contributed by atoms with Crippen LogP contribution in [0.2, 0.25) is 10.0 Å². The summed E-state index contributed by atoms with van der Waals surface area (Å²) in [7, 11) is 0. The van der Waals surface area contributed by atoms with Gasteiger partial charge in [-0.05, 0) is 41.8 Å². The summed E-state index contributed by atoms with van der Waals surface area (Å²) in [6, 6.07) is 20.2. The van der Waals surface area contributed by atoms with Gasteiger partial charge in [0.1, 0.15) is 5.82 Å². The molecule has 122 valence electrons. The van der Waals surface area contributed by atoms with Gasteiger partial charge < -0.3 is 0 Å². The van der Waals surface area contributed by atoms with Crippen molar-refractivity contribution in [2.24, 2.45) is 0 Å². The normalized spacial score (nSPS) is 11.0. The zero-order valence-corrected chi connectivity index (χ0v) is 14.5. The fraction of sp³-hybridized carbons (Fsp3) is 0. The molecular formula is C20H12Cl2N2O. The van der Waals surface area contributed by atoms with Crippen LogP contribution < -0.4 is 5.56 Å². The van der Waals surface area contributed by atoms with Crippen molar-refractivity contribution in [3.63, 3.8) is 0 Å². The molecule has 0 saturated heterocycles. The fourth-order valence-corrected chi connectivity index (χ4v) is 3.14. The Hall–Kier alpha value is -2.62. The lowest BCUT2D eigenvalue weighted by atomic mass is 10.1.